The number of rotatable bonds is 3. The summed E-state index contributed by atoms with van der Waals surface area (Å²) in [5, 5.41) is 13.8. The predicted molar refractivity (Wildman–Crippen MR) is 63.3 cm³/mol. The molecule has 1 aliphatic carbocycles. The summed E-state index contributed by atoms with van der Waals surface area (Å²) in [6, 6.07) is 2.88. The van der Waals surface area contributed by atoms with Gasteiger partial charge in [0, 0.05) is 12.1 Å². The van der Waals surface area contributed by atoms with Crippen molar-refractivity contribution in [2.75, 3.05) is 0 Å². The molecule has 0 saturated heterocycles. The normalized spacial score (nSPS) is 25.7. The van der Waals surface area contributed by atoms with Gasteiger partial charge in [0.2, 0.25) is 0 Å². The first kappa shape index (κ1) is 13.0. The summed E-state index contributed by atoms with van der Waals surface area (Å²) in [7, 11) is -3.81. The van der Waals surface area contributed by atoms with E-state index in [0.29, 0.717) is 0 Å². The fourth-order valence-electron chi connectivity index (χ4n) is 2.46. The Bertz CT molecular complexity index is 592. The molecule has 0 amide bonds. The van der Waals surface area contributed by atoms with Crippen molar-refractivity contribution in [3.63, 3.8) is 0 Å². The fourth-order valence-corrected chi connectivity index (χ4v) is 2.92. The van der Waals surface area contributed by atoms with Crippen LogP contribution in [0.5, 0.6) is 0 Å². The molecule has 6 nitrogen and oxygen atoms in total. The van der Waals surface area contributed by atoms with Gasteiger partial charge in [-0.05, 0) is 17.0 Å². The molecule has 7 heteroatoms. The minimum atomic E-state index is -3.81. The molecule has 2 unspecified atom stereocenters. The summed E-state index contributed by atoms with van der Waals surface area (Å²) >= 11 is 0. The summed E-state index contributed by atoms with van der Waals surface area (Å²) in [4.78, 5) is 14.8. The van der Waals surface area contributed by atoms with E-state index in [1.54, 1.807) is 6.07 Å². The number of aromatic nitrogens is 1. The van der Waals surface area contributed by atoms with Crippen molar-refractivity contribution < 1.29 is 18.3 Å². The van der Waals surface area contributed by atoms with Crippen LogP contribution in [0.4, 0.5) is 0 Å². The number of hydrogen-bond acceptors (Lipinski definition) is 4. The maximum absolute atomic E-state index is 11.1. The van der Waals surface area contributed by atoms with E-state index in [4.69, 9.17) is 10.2 Å². The van der Waals surface area contributed by atoms with Crippen LogP contribution in [-0.4, -0.2) is 24.5 Å². The van der Waals surface area contributed by atoms with Gasteiger partial charge in [-0.15, -0.1) is 0 Å². The molecule has 1 fully saturated rings. The Morgan fingerprint density at radius 1 is 1.44 bits per heavy atom. The Kier molecular flexibility index (Phi) is 2.71. The third kappa shape index (κ3) is 1.99. The number of carbonyl (C=O) groups is 1. The lowest BCUT2D eigenvalue weighted by Gasteiger charge is -2.03. The maximum Gasteiger partial charge on any atom is 0.307 e. The number of hydrogen-bond donors (Lipinski definition) is 2. The van der Waals surface area contributed by atoms with Gasteiger partial charge in [-0.25, -0.2) is 18.5 Å². The van der Waals surface area contributed by atoms with Crippen LogP contribution in [0, 0.1) is 11.3 Å². The van der Waals surface area contributed by atoms with Crippen LogP contribution in [0.3, 0.4) is 0 Å². The zero-order valence-electron chi connectivity index (χ0n) is 9.99. The molecule has 1 aromatic rings. The summed E-state index contributed by atoms with van der Waals surface area (Å²) < 4.78 is 22.1. The molecule has 1 saturated carbocycles. The fraction of sp³-hybridized carbons (Fsp3) is 0.455. The average molecular weight is 270 g/mol. The highest BCUT2D eigenvalue weighted by atomic mass is 32.2. The van der Waals surface area contributed by atoms with Crippen molar-refractivity contribution in [1.82, 2.24) is 4.98 Å². The maximum atomic E-state index is 11.1. The van der Waals surface area contributed by atoms with E-state index >= 15 is 0 Å². The Balaban J connectivity index is 2.30. The van der Waals surface area contributed by atoms with Gasteiger partial charge in [-0.1, -0.05) is 19.9 Å². The van der Waals surface area contributed by atoms with Crippen LogP contribution in [0.25, 0.3) is 0 Å². The number of carboxylic acids is 1. The first-order chi connectivity index (χ1) is 8.15. The number of aliphatic carboxylic acids is 1. The summed E-state index contributed by atoms with van der Waals surface area (Å²) in [6.45, 7) is 3.73. The number of carboxylic acid groups (broad SMARTS) is 1. The monoisotopic (exact) mass is 270 g/mol. The SMILES string of the molecule is CC1(C)C(C(=O)O)C1c1ccc(S(N)(=O)=O)nc1. The highest BCUT2D eigenvalue weighted by molar-refractivity contribution is 7.89. The second-order valence-corrected chi connectivity index (χ2v) is 6.60. The molecule has 2 atom stereocenters. The van der Waals surface area contributed by atoms with E-state index in [1.807, 2.05) is 13.8 Å². The standard InChI is InChI=1S/C11H14N2O4S/c1-11(2)8(9(11)10(14)15)6-3-4-7(13-5-6)18(12,16)17/h3-5,8-9H,1-2H3,(H,14,15)(H2,12,16,17). The molecule has 0 bridgehead atoms. The lowest BCUT2D eigenvalue weighted by Crippen LogP contribution is -2.13. The topological polar surface area (TPSA) is 110 Å². The van der Waals surface area contributed by atoms with Crippen molar-refractivity contribution in [2.45, 2.75) is 24.8 Å². The molecule has 3 N–H and O–H groups in total. The van der Waals surface area contributed by atoms with Gasteiger partial charge in [0.25, 0.3) is 10.0 Å². The minimum absolute atomic E-state index is 0.142. The lowest BCUT2D eigenvalue weighted by atomic mass is 10.1. The number of sulfonamides is 1. The van der Waals surface area contributed by atoms with Crippen molar-refractivity contribution in [1.29, 1.82) is 0 Å². The van der Waals surface area contributed by atoms with Crippen molar-refractivity contribution in [2.24, 2.45) is 16.5 Å². The first-order valence-electron chi connectivity index (χ1n) is 5.37. The van der Waals surface area contributed by atoms with Gasteiger partial charge in [0.05, 0.1) is 5.92 Å². The number of pyridine rings is 1. The van der Waals surface area contributed by atoms with Crippen LogP contribution in [-0.2, 0) is 14.8 Å². The molecule has 0 aromatic carbocycles. The summed E-state index contributed by atoms with van der Waals surface area (Å²) in [6.07, 6.45) is 1.38. The first-order valence-corrected chi connectivity index (χ1v) is 6.92. The van der Waals surface area contributed by atoms with Crippen LogP contribution in [0.2, 0.25) is 0 Å². The molecule has 1 aliphatic rings. The minimum Gasteiger partial charge on any atom is -0.481 e. The van der Waals surface area contributed by atoms with E-state index < -0.39 is 21.9 Å². The van der Waals surface area contributed by atoms with E-state index in [0.717, 1.165) is 5.56 Å². The number of nitrogens with zero attached hydrogens (tertiary/aromatic N) is 1. The number of primary sulfonamides is 1. The smallest absolute Gasteiger partial charge is 0.307 e. The molecule has 0 aliphatic heterocycles. The van der Waals surface area contributed by atoms with Crippen LogP contribution in [0.15, 0.2) is 23.4 Å². The van der Waals surface area contributed by atoms with Gasteiger partial charge < -0.3 is 5.11 Å². The highest BCUT2D eigenvalue weighted by Crippen LogP contribution is 2.64. The van der Waals surface area contributed by atoms with Gasteiger partial charge in [-0.3, -0.25) is 4.79 Å². The van der Waals surface area contributed by atoms with Crippen LogP contribution >= 0.6 is 0 Å². The second kappa shape index (κ2) is 3.76. The van der Waals surface area contributed by atoms with Crippen molar-refractivity contribution >= 4 is 16.0 Å². The molecular formula is C11H14N2O4S. The molecule has 1 aromatic heterocycles. The van der Waals surface area contributed by atoms with Gasteiger partial charge in [-0.2, -0.15) is 0 Å². The zero-order valence-corrected chi connectivity index (χ0v) is 10.8. The van der Waals surface area contributed by atoms with Crippen molar-refractivity contribution in [3.05, 3.63) is 23.9 Å². The quantitative estimate of drug-likeness (QED) is 0.833. The van der Waals surface area contributed by atoms with Gasteiger partial charge in [0.1, 0.15) is 0 Å². The summed E-state index contributed by atoms with van der Waals surface area (Å²) in [5.41, 5.74) is 0.385. The highest BCUT2D eigenvalue weighted by Gasteiger charge is 2.62. The van der Waals surface area contributed by atoms with E-state index in [-0.39, 0.29) is 16.4 Å². The molecule has 0 spiro atoms. The molecule has 1 heterocycles. The van der Waals surface area contributed by atoms with E-state index in [1.165, 1.54) is 12.3 Å². The molecule has 2 rings (SSSR count). The zero-order chi connectivity index (χ0) is 13.7. The van der Waals surface area contributed by atoms with Crippen LogP contribution in [0.1, 0.15) is 25.3 Å². The second-order valence-electron chi connectivity index (χ2n) is 5.09. The largest absolute Gasteiger partial charge is 0.481 e. The Morgan fingerprint density at radius 3 is 2.39 bits per heavy atom. The predicted octanol–water partition coefficient (Wildman–Crippen LogP) is 0.553. The molecular weight excluding hydrogens is 256 g/mol. The Labute approximate surface area is 105 Å². The molecule has 18 heavy (non-hydrogen) atoms. The van der Waals surface area contributed by atoms with Gasteiger partial charge in [0.15, 0.2) is 5.03 Å². The van der Waals surface area contributed by atoms with E-state index in [9.17, 15) is 13.2 Å². The molecule has 0 radical (unpaired) electrons. The number of nitrogens with two attached hydrogens (primary N) is 1. The third-order valence-corrected chi connectivity index (χ3v) is 4.33. The third-order valence-electron chi connectivity index (χ3n) is 3.50. The average Bonchev–Trinajstić information content (AvgIpc) is 2.80. The Morgan fingerprint density at radius 2 is 2.06 bits per heavy atom. The molecule has 98 valence electrons. The Hall–Kier alpha value is -1.47. The lowest BCUT2D eigenvalue weighted by molar-refractivity contribution is -0.139. The van der Waals surface area contributed by atoms with Crippen molar-refractivity contribution in [3.8, 4) is 0 Å². The summed E-state index contributed by atoms with van der Waals surface area (Å²) in [5.74, 6) is -1.45. The van der Waals surface area contributed by atoms with Crippen LogP contribution < -0.4 is 5.14 Å². The van der Waals surface area contributed by atoms with Gasteiger partial charge >= 0.3 is 5.97 Å². The van der Waals surface area contributed by atoms with E-state index in [2.05, 4.69) is 4.98 Å².